The van der Waals surface area contributed by atoms with Crippen LogP contribution in [0.2, 0.25) is 0 Å². The number of anilines is 1. The minimum Gasteiger partial charge on any atom is -0.455 e. The van der Waals surface area contributed by atoms with Gasteiger partial charge in [-0.15, -0.1) is 0 Å². The van der Waals surface area contributed by atoms with Crippen molar-refractivity contribution in [1.82, 2.24) is 5.43 Å². The molecule has 0 saturated heterocycles. The average Bonchev–Trinajstić information content (AvgIpc) is 3.12. The molecule has 0 atom stereocenters. The topological polar surface area (TPSA) is 83.7 Å². The van der Waals surface area contributed by atoms with Crippen LogP contribution in [0.4, 0.5) is 5.69 Å². The van der Waals surface area contributed by atoms with Crippen LogP contribution in [0.5, 0.6) is 0 Å². The first kappa shape index (κ1) is 21.6. The van der Waals surface area contributed by atoms with Gasteiger partial charge in [-0.2, -0.15) is 5.10 Å². The number of carbonyl (C=O) groups is 2. The second kappa shape index (κ2) is 8.83. The number of benzene rings is 2. The van der Waals surface area contributed by atoms with Crippen molar-refractivity contribution in [2.45, 2.75) is 47.0 Å². The molecule has 1 heterocycles. The van der Waals surface area contributed by atoms with E-state index in [4.69, 9.17) is 4.42 Å². The minimum atomic E-state index is -0.284. The number of nitrogens with one attached hydrogen (secondary N) is 2. The molecule has 2 amide bonds. The predicted molar refractivity (Wildman–Crippen MR) is 125 cm³/mol. The molecule has 0 aliphatic heterocycles. The summed E-state index contributed by atoms with van der Waals surface area (Å²) in [5.41, 5.74) is 9.42. The molecule has 2 aromatic carbocycles. The highest BCUT2D eigenvalue weighted by molar-refractivity contribution is 6.09. The van der Waals surface area contributed by atoms with E-state index >= 15 is 0 Å². The molecule has 2 N–H and O–H groups in total. The number of hydrogen-bond acceptors (Lipinski definition) is 4. The molecule has 0 fully saturated rings. The number of aryl methyl sites for hydroxylation is 4. The van der Waals surface area contributed by atoms with Gasteiger partial charge in [-0.1, -0.05) is 29.8 Å². The van der Waals surface area contributed by atoms with Crippen LogP contribution in [0.15, 0.2) is 52.0 Å². The number of furan rings is 1. The van der Waals surface area contributed by atoms with E-state index < -0.39 is 0 Å². The Hall–Kier alpha value is -3.67. The molecular formula is C26H27N3O3. The van der Waals surface area contributed by atoms with Crippen molar-refractivity contribution in [3.05, 3.63) is 87.4 Å². The maximum Gasteiger partial charge on any atom is 0.291 e. The van der Waals surface area contributed by atoms with Crippen molar-refractivity contribution in [2.24, 2.45) is 5.10 Å². The zero-order valence-electron chi connectivity index (χ0n) is 18.8. The third kappa shape index (κ3) is 4.35. The first-order valence-corrected chi connectivity index (χ1v) is 10.8. The number of fused-ring (bicyclic) bond motifs is 1. The molecule has 32 heavy (non-hydrogen) atoms. The summed E-state index contributed by atoms with van der Waals surface area (Å²) in [6.07, 6.45) is 2.29. The van der Waals surface area contributed by atoms with E-state index in [0.717, 1.165) is 57.8 Å². The van der Waals surface area contributed by atoms with Crippen molar-refractivity contribution in [3.8, 4) is 0 Å². The fraction of sp³-hybridized carbons (Fsp3) is 0.269. The molecule has 0 unspecified atom stereocenters. The van der Waals surface area contributed by atoms with Crippen molar-refractivity contribution < 1.29 is 14.0 Å². The largest absolute Gasteiger partial charge is 0.455 e. The second-order valence-corrected chi connectivity index (χ2v) is 8.35. The van der Waals surface area contributed by atoms with Gasteiger partial charge in [0.05, 0.1) is 5.71 Å². The van der Waals surface area contributed by atoms with Crippen LogP contribution in [-0.4, -0.2) is 17.5 Å². The van der Waals surface area contributed by atoms with Crippen molar-refractivity contribution in [2.75, 3.05) is 5.32 Å². The molecule has 1 aromatic heterocycles. The molecular weight excluding hydrogens is 402 g/mol. The Balaban J connectivity index is 1.57. The highest BCUT2D eigenvalue weighted by atomic mass is 16.4. The van der Waals surface area contributed by atoms with E-state index in [1.54, 1.807) is 12.1 Å². The Bertz CT molecular complexity index is 1220. The lowest BCUT2D eigenvalue weighted by Crippen LogP contribution is -2.22. The van der Waals surface area contributed by atoms with Gasteiger partial charge in [0.25, 0.3) is 11.8 Å². The normalized spacial score (nSPS) is 14.2. The quantitative estimate of drug-likeness (QED) is 0.557. The lowest BCUT2D eigenvalue weighted by Gasteiger charge is -2.13. The molecule has 3 aromatic rings. The number of amides is 2. The van der Waals surface area contributed by atoms with Gasteiger partial charge in [0.2, 0.25) is 0 Å². The summed E-state index contributed by atoms with van der Waals surface area (Å²) >= 11 is 0. The van der Waals surface area contributed by atoms with Crippen LogP contribution in [0.3, 0.4) is 0 Å². The summed E-state index contributed by atoms with van der Waals surface area (Å²) in [5, 5.41) is 7.36. The lowest BCUT2D eigenvalue weighted by molar-refractivity contribution is 0.0953. The van der Waals surface area contributed by atoms with E-state index in [1.807, 2.05) is 58.0 Å². The lowest BCUT2D eigenvalue weighted by atomic mass is 9.93. The molecule has 0 spiro atoms. The molecule has 0 bridgehead atoms. The molecule has 4 rings (SSSR count). The molecule has 1 aliphatic carbocycles. The summed E-state index contributed by atoms with van der Waals surface area (Å²) < 4.78 is 5.97. The summed E-state index contributed by atoms with van der Waals surface area (Å²) in [4.78, 5) is 25.5. The van der Waals surface area contributed by atoms with Crippen molar-refractivity contribution >= 4 is 23.2 Å². The van der Waals surface area contributed by atoms with Crippen LogP contribution >= 0.6 is 0 Å². The summed E-state index contributed by atoms with van der Waals surface area (Å²) in [6, 6.07) is 13.3. The number of nitrogens with zero attached hydrogens (tertiary/aromatic N) is 1. The Morgan fingerprint density at radius 2 is 1.62 bits per heavy atom. The van der Waals surface area contributed by atoms with E-state index in [-0.39, 0.29) is 17.6 Å². The standard InChI is InChI=1S/C26H27N3O3/c1-15-9-12-19(13-10-15)25(30)29-28-20-6-5-7-22-23(20)18(4)24(32-22)26(31)27-21-14-16(2)8-11-17(21)3/h8-14H,5-7H2,1-4H3,(H,27,31)(H,29,30)/b28-20+. The Morgan fingerprint density at radius 3 is 2.38 bits per heavy atom. The third-order valence-electron chi connectivity index (χ3n) is 5.78. The van der Waals surface area contributed by atoms with Gasteiger partial charge >= 0.3 is 0 Å². The van der Waals surface area contributed by atoms with Gasteiger partial charge < -0.3 is 9.73 Å². The van der Waals surface area contributed by atoms with Gasteiger partial charge in [0.15, 0.2) is 5.76 Å². The van der Waals surface area contributed by atoms with E-state index in [9.17, 15) is 9.59 Å². The molecule has 0 radical (unpaired) electrons. The summed E-state index contributed by atoms with van der Waals surface area (Å²) in [5.74, 6) is 0.478. The number of rotatable bonds is 4. The molecule has 164 valence electrons. The maximum absolute atomic E-state index is 13.0. The smallest absolute Gasteiger partial charge is 0.291 e. The Morgan fingerprint density at radius 1 is 0.906 bits per heavy atom. The maximum atomic E-state index is 13.0. The van der Waals surface area contributed by atoms with Gasteiger partial charge in [0.1, 0.15) is 5.76 Å². The van der Waals surface area contributed by atoms with Crippen LogP contribution in [0, 0.1) is 27.7 Å². The predicted octanol–water partition coefficient (Wildman–Crippen LogP) is 5.24. The average molecular weight is 430 g/mol. The Kier molecular flexibility index (Phi) is 5.95. The van der Waals surface area contributed by atoms with E-state index in [1.165, 1.54) is 0 Å². The number of carbonyl (C=O) groups excluding carboxylic acids is 2. The van der Waals surface area contributed by atoms with Gasteiger partial charge in [-0.25, -0.2) is 5.43 Å². The van der Waals surface area contributed by atoms with Gasteiger partial charge in [-0.3, -0.25) is 9.59 Å². The zero-order chi connectivity index (χ0) is 22.8. The number of hydrogen-bond donors (Lipinski definition) is 2. The van der Waals surface area contributed by atoms with Gasteiger partial charge in [-0.05, 0) is 69.9 Å². The molecule has 1 aliphatic rings. The third-order valence-corrected chi connectivity index (χ3v) is 5.78. The zero-order valence-corrected chi connectivity index (χ0v) is 18.8. The molecule has 6 nitrogen and oxygen atoms in total. The van der Waals surface area contributed by atoms with Gasteiger partial charge in [0, 0.05) is 28.8 Å². The van der Waals surface area contributed by atoms with Crippen molar-refractivity contribution in [3.63, 3.8) is 0 Å². The molecule has 0 saturated carbocycles. The fourth-order valence-corrected chi connectivity index (χ4v) is 3.93. The summed E-state index contributed by atoms with van der Waals surface area (Å²) in [7, 11) is 0. The van der Waals surface area contributed by atoms with E-state index in [2.05, 4.69) is 15.8 Å². The van der Waals surface area contributed by atoms with Crippen LogP contribution < -0.4 is 10.7 Å². The van der Waals surface area contributed by atoms with E-state index in [0.29, 0.717) is 12.0 Å². The molecule has 6 heteroatoms. The highest BCUT2D eigenvalue weighted by Gasteiger charge is 2.28. The first-order valence-electron chi connectivity index (χ1n) is 10.8. The Labute approximate surface area is 187 Å². The SMILES string of the molecule is Cc1ccc(C(=O)N/N=C2\CCCc3oc(C(=O)Nc4cc(C)ccc4C)c(C)c32)cc1. The second-order valence-electron chi connectivity index (χ2n) is 8.35. The highest BCUT2D eigenvalue weighted by Crippen LogP contribution is 2.30. The number of hydrazone groups is 1. The van der Waals surface area contributed by atoms with Crippen LogP contribution in [0.1, 0.15) is 67.3 Å². The monoisotopic (exact) mass is 429 g/mol. The van der Waals surface area contributed by atoms with Crippen LogP contribution in [0.25, 0.3) is 0 Å². The minimum absolute atomic E-state index is 0.265. The van der Waals surface area contributed by atoms with Crippen molar-refractivity contribution in [1.29, 1.82) is 0 Å². The fourth-order valence-electron chi connectivity index (χ4n) is 3.93. The van der Waals surface area contributed by atoms with Crippen LogP contribution in [-0.2, 0) is 6.42 Å². The summed E-state index contributed by atoms with van der Waals surface area (Å²) in [6.45, 7) is 7.78. The first-order chi connectivity index (χ1) is 15.3.